The molecule has 0 aromatic heterocycles. The number of hydrogen-bond donors (Lipinski definition) is 1. The predicted octanol–water partition coefficient (Wildman–Crippen LogP) is 0.618. The van der Waals surface area contributed by atoms with Crippen LogP contribution in [0, 0.1) is 0 Å². The van der Waals surface area contributed by atoms with Gasteiger partial charge in [-0.3, -0.25) is 4.90 Å². The van der Waals surface area contributed by atoms with Gasteiger partial charge in [0.1, 0.15) is 0 Å². The van der Waals surface area contributed by atoms with Gasteiger partial charge in [-0.25, -0.2) is 0 Å². The van der Waals surface area contributed by atoms with E-state index in [0.29, 0.717) is 18.2 Å². The summed E-state index contributed by atoms with van der Waals surface area (Å²) in [5.41, 5.74) is 0. The fourth-order valence-corrected chi connectivity index (χ4v) is 3.40. The molecule has 0 aromatic carbocycles. The van der Waals surface area contributed by atoms with E-state index in [-0.39, 0.29) is 0 Å². The molecule has 98 valence electrons. The topological polar surface area (TPSA) is 33.7 Å². The summed E-state index contributed by atoms with van der Waals surface area (Å²) in [5, 5.41) is 3.40. The number of rotatable bonds is 3. The zero-order valence-electron chi connectivity index (χ0n) is 10.6. The lowest BCUT2D eigenvalue weighted by molar-refractivity contribution is -0.0626. The van der Waals surface area contributed by atoms with Crippen molar-refractivity contribution >= 4 is 0 Å². The van der Waals surface area contributed by atoms with Gasteiger partial charge in [0.05, 0.1) is 25.4 Å². The highest BCUT2D eigenvalue weighted by Crippen LogP contribution is 2.29. The van der Waals surface area contributed by atoms with Crippen LogP contribution in [0.25, 0.3) is 0 Å². The van der Waals surface area contributed by atoms with Crippen molar-refractivity contribution in [2.24, 2.45) is 0 Å². The molecule has 2 aliphatic heterocycles. The number of ether oxygens (including phenoxy) is 2. The van der Waals surface area contributed by atoms with Gasteiger partial charge in [-0.1, -0.05) is 0 Å². The van der Waals surface area contributed by atoms with Gasteiger partial charge in [0.2, 0.25) is 0 Å². The minimum Gasteiger partial charge on any atom is -0.376 e. The summed E-state index contributed by atoms with van der Waals surface area (Å²) in [6.45, 7) is 6.13. The van der Waals surface area contributed by atoms with Crippen molar-refractivity contribution in [1.29, 1.82) is 0 Å². The molecular weight excluding hydrogens is 216 g/mol. The Balaban J connectivity index is 1.47. The van der Waals surface area contributed by atoms with E-state index in [1.165, 1.54) is 25.8 Å². The highest BCUT2D eigenvalue weighted by atomic mass is 16.5. The van der Waals surface area contributed by atoms with Crippen molar-refractivity contribution < 1.29 is 9.47 Å². The third-order valence-corrected chi connectivity index (χ3v) is 4.34. The van der Waals surface area contributed by atoms with Gasteiger partial charge in [-0.05, 0) is 25.7 Å². The summed E-state index contributed by atoms with van der Waals surface area (Å²) in [6, 6.07) is 0.695. The van der Waals surface area contributed by atoms with Crippen molar-refractivity contribution in [3.8, 4) is 0 Å². The van der Waals surface area contributed by atoms with E-state index in [0.717, 1.165) is 39.3 Å². The second-order valence-electron chi connectivity index (χ2n) is 5.43. The summed E-state index contributed by atoms with van der Waals surface area (Å²) in [7, 11) is 0. The Morgan fingerprint density at radius 3 is 3.06 bits per heavy atom. The van der Waals surface area contributed by atoms with Crippen LogP contribution >= 0.6 is 0 Å². The molecule has 3 fully saturated rings. The second-order valence-corrected chi connectivity index (χ2v) is 5.43. The summed E-state index contributed by atoms with van der Waals surface area (Å²) < 4.78 is 11.6. The largest absolute Gasteiger partial charge is 0.376 e. The van der Waals surface area contributed by atoms with Crippen LogP contribution in [0.1, 0.15) is 25.7 Å². The average Bonchev–Trinajstić information content (AvgIpc) is 2.86. The Kier molecular flexibility index (Phi) is 3.96. The van der Waals surface area contributed by atoms with E-state index in [9.17, 15) is 0 Å². The first-order valence-corrected chi connectivity index (χ1v) is 7.11. The molecule has 4 heteroatoms. The van der Waals surface area contributed by atoms with Crippen LogP contribution < -0.4 is 5.32 Å². The molecule has 0 aromatic rings. The third kappa shape index (κ3) is 2.81. The number of nitrogens with zero attached hydrogens (tertiary/aromatic N) is 1. The highest BCUT2D eigenvalue weighted by molar-refractivity contribution is 4.89. The van der Waals surface area contributed by atoms with Crippen LogP contribution in [0.4, 0.5) is 0 Å². The Bertz CT molecular complexity index is 244. The molecule has 2 saturated heterocycles. The first kappa shape index (κ1) is 11.9. The minimum absolute atomic E-state index is 0.423. The quantitative estimate of drug-likeness (QED) is 0.784. The average molecular weight is 240 g/mol. The predicted molar refractivity (Wildman–Crippen MR) is 66.2 cm³/mol. The molecule has 17 heavy (non-hydrogen) atoms. The van der Waals surface area contributed by atoms with Crippen LogP contribution in [0.3, 0.4) is 0 Å². The van der Waals surface area contributed by atoms with E-state index in [1.807, 2.05) is 0 Å². The van der Waals surface area contributed by atoms with E-state index >= 15 is 0 Å². The number of fused-ring (bicyclic) bond motifs is 1. The number of hydrogen-bond acceptors (Lipinski definition) is 4. The van der Waals surface area contributed by atoms with Gasteiger partial charge in [-0.15, -0.1) is 0 Å². The molecule has 0 radical (unpaired) electrons. The first-order valence-electron chi connectivity index (χ1n) is 7.11. The monoisotopic (exact) mass is 240 g/mol. The van der Waals surface area contributed by atoms with Gasteiger partial charge in [0.15, 0.2) is 0 Å². The Hall–Kier alpha value is -0.160. The summed E-state index contributed by atoms with van der Waals surface area (Å²) in [5.74, 6) is 0. The maximum absolute atomic E-state index is 5.84. The van der Waals surface area contributed by atoms with E-state index in [4.69, 9.17) is 9.47 Å². The molecule has 0 bridgehead atoms. The first-order chi connectivity index (χ1) is 8.43. The van der Waals surface area contributed by atoms with Crippen molar-refractivity contribution in [2.75, 3.05) is 39.4 Å². The van der Waals surface area contributed by atoms with Crippen molar-refractivity contribution in [3.05, 3.63) is 0 Å². The SMILES string of the molecule is C1CC2OCCN(CCC3CNCCO3)C2C1. The maximum Gasteiger partial charge on any atom is 0.0730 e. The molecule has 3 rings (SSSR count). The normalized spacial score (nSPS) is 39.2. The number of morpholine rings is 2. The highest BCUT2D eigenvalue weighted by Gasteiger charge is 2.35. The van der Waals surface area contributed by atoms with E-state index < -0.39 is 0 Å². The van der Waals surface area contributed by atoms with Gasteiger partial charge < -0.3 is 14.8 Å². The number of nitrogens with one attached hydrogen (secondary N) is 1. The zero-order valence-corrected chi connectivity index (χ0v) is 10.6. The maximum atomic E-state index is 5.84. The molecule has 2 heterocycles. The lowest BCUT2D eigenvalue weighted by Gasteiger charge is -2.38. The van der Waals surface area contributed by atoms with Gasteiger partial charge in [0, 0.05) is 32.2 Å². The minimum atomic E-state index is 0.423. The van der Waals surface area contributed by atoms with E-state index in [1.54, 1.807) is 0 Å². The molecule has 1 saturated carbocycles. The molecule has 0 spiro atoms. The molecule has 3 unspecified atom stereocenters. The molecule has 0 amide bonds. The smallest absolute Gasteiger partial charge is 0.0730 e. The second kappa shape index (κ2) is 5.65. The van der Waals surface area contributed by atoms with Crippen molar-refractivity contribution in [3.63, 3.8) is 0 Å². The van der Waals surface area contributed by atoms with Crippen LogP contribution in [0.15, 0.2) is 0 Å². The summed E-state index contributed by atoms with van der Waals surface area (Å²) >= 11 is 0. The molecular formula is C13H24N2O2. The zero-order chi connectivity index (χ0) is 11.5. The van der Waals surface area contributed by atoms with Gasteiger partial charge >= 0.3 is 0 Å². The standard InChI is InChI=1S/C13H24N2O2/c1-2-12-13(3-1)17-9-7-15(12)6-4-11-10-14-5-8-16-11/h11-14H,1-10H2. The molecule has 3 atom stereocenters. The molecule has 1 N–H and O–H groups in total. The van der Waals surface area contributed by atoms with Crippen LogP contribution in [-0.2, 0) is 9.47 Å². The summed E-state index contributed by atoms with van der Waals surface area (Å²) in [4.78, 5) is 2.64. The fraction of sp³-hybridized carbons (Fsp3) is 1.00. The van der Waals surface area contributed by atoms with Crippen LogP contribution in [-0.4, -0.2) is 62.5 Å². The Morgan fingerprint density at radius 2 is 2.18 bits per heavy atom. The summed E-state index contributed by atoms with van der Waals surface area (Å²) in [6.07, 6.45) is 6.04. The fourth-order valence-electron chi connectivity index (χ4n) is 3.40. The molecule has 4 nitrogen and oxygen atoms in total. The Labute approximate surface area is 104 Å². The molecule has 1 aliphatic carbocycles. The molecule has 3 aliphatic rings. The van der Waals surface area contributed by atoms with Crippen molar-refractivity contribution in [2.45, 2.75) is 43.9 Å². The Morgan fingerprint density at radius 1 is 1.18 bits per heavy atom. The van der Waals surface area contributed by atoms with Gasteiger partial charge in [-0.2, -0.15) is 0 Å². The van der Waals surface area contributed by atoms with E-state index in [2.05, 4.69) is 10.2 Å². The lowest BCUT2D eigenvalue weighted by atomic mass is 10.1. The van der Waals surface area contributed by atoms with Crippen LogP contribution in [0.2, 0.25) is 0 Å². The lowest BCUT2D eigenvalue weighted by Crippen LogP contribution is -2.50. The van der Waals surface area contributed by atoms with Gasteiger partial charge in [0.25, 0.3) is 0 Å². The van der Waals surface area contributed by atoms with Crippen molar-refractivity contribution in [1.82, 2.24) is 10.2 Å². The van der Waals surface area contributed by atoms with Crippen LogP contribution in [0.5, 0.6) is 0 Å². The third-order valence-electron chi connectivity index (χ3n) is 4.34.